The quantitative estimate of drug-likeness (QED) is 0.907. The van der Waals surface area contributed by atoms with Gasteiger partial charge < -0.3 is 14.6 Å². The van der Waals surface area contributed by atoms with Crippen LogP contribution in [0.5, 0.6) is 11.5 Å². The van der Waals surface area contributed by atoms with Crippen LogP contribution in [-0.2, 0) is 0 Å². The minimum atomic E-state index is -0.591. The van der Waals surface area contributed by atoms with Crippen LogP contribution in [0.4, 0.5) is 0 Å². The molecule has 0 aromatic heterocycles. The molecule has 1 N–H and O–H groups in total. The van der Waals surface area contributed by atoms with E-state index in [2.05, 4.69) is 0 Å². The third-order valence-corrected chi connectivity index (χ3v) is 3.89. The van der Waals surface area contributed by atoms with Crippen LogP contribution in [0.1, 0.15) is 35.6 Å². The van der Waals surface area contributed by atoms with E-state index < -0.39 is 6.10 Å². The third-order valence-electron chi connectivity index (χ3n) is 3.89. The molecule has 0 heterocycles. The van der Waals surface area contributed by atoms with Crippen molar-refractivity contribution in [3.05, 3.63) is 59.2 Å². The molecule has 0 aliphatic heterocycles. The molecule has 0 spiro atoms. The van der Waals surface area contributed by atoms with Gasteiger partial charge in [-0.1, -0.05) is 37.3 Å². The highest BCUT2D eigenvalue weighted by Gasteiger charge is 2.21. The molecule has 2 rings (SSSR count). The van der Waals surface area contributed by atoms with Gasteiger partial charge in [-0.05, 0) is 35.7 Å². The normalized spacial score (nSPS) is 13.6. The molecule has 2 aromatic rings. The average molecular weight is 286 g/mol. The van der Waals surface area contributed by atoms with Gasteiger partial charge in [0.1, 0.15) is 0 Å². The lowest BCUT2D eigenvalue weighted by molar-refractivity contribution is 0.150. The molecule has 0 saturated carbocycles. The highest BCUT2D eigenvalue weighted by atomic mass is 16.5. The maximum Gasteiger partial charge on any atom is 0.161 e. The highest BCUT2D eigenvalue weighted by molar-refractivity contribution is 5.48. The van der Waals surface area contributed by atoms with Gasteiger partial charge in [-0.3, -0.25) is 0 Å². The second-order valence-electron chi connectivity index (χ2n) is 5.21. The van der Waals surface area contributed by atoms with E-state index >= 15 is 0 Å². The molecule has 2 aromatic carbocycles. The number of rotatable bonds is 5. The van der Waals surface area contributed by atoms with Crippen LogP contribution in [0.25, 0.3) is 0 Å². The maximum atomic E-state index is 10.7. The van der Waals surface area contributed by atoms with Gasteiger partial charge in [-0.15, -0.1) is 0 Å². The number of methoxy groups -OCH3 is 2. The molecule has 2 atom stereocenters. The van der Waals surface area contributed by atoms with Crippen molar-refractivity contribution in [2.75, 3.05) is 14.2 Å². The van der Waals surface area contributed by atoms with Crippen LogP contribution >= 0.6 is 0 Å². The summed E-state index contributed by atoms with van der Waals surface area (Å²) in [4.78, 5) is 0. The van der Waals surface area contributed by atoms with E-state index in [9.17, 15) is 5.11 Å². The van der Waals surface area contributed by atoms with Crippen molar-refractivity contribution in [1.82, 2.24) is 0 Å². The first-order valence-corrected chi connectivity index (χ1v) is 7.04. The smallest absolute Gasteiger partial charge is 0.161 e. The van der Waals surface area contributed by atoms with Crippen LogP contribution < -0.4 is 9.47 Å². The molecular formula is C18H22O3. The summed E-state index contributed by atoms with van der Waals surface area (Å²) in [6.45, 7) is 3.99. The first-order valence-electron chi connectivity index (χ1n) is 7.04. The van der Waals surface area contributed by atoms with E-state index in [1.165, 1.54) is 0 Å². The summed E-state index contributed by atoms with van der Waals surface area (Å²) in [5.41, 5.74) is 2.96. The fourth-order valence-corrected chi connectivity index (χ4v) is 2.52. The average Bonchev–Trinajstić information content (AvgIpc) is 2.54. The summed E-state index contributed by atoms with van der Waals surface area (Å²) in [7, 11) is 3.21. The Morgan fingerprint density at radius 2 is 1.52 bits per heavy atom. The van der Waals surface area contributed by atoms with Gasteiger partial charge in [-0.25, -0.2) is 0 Å². The summed E-state index contributed by atoms with van der Waals surface area (Å²) in [5.74, 6) is 1.32. The SMILES string of the molecule is COc1cc(C)c(C(O)C(C)c2ccccc2)cc1OC. The molecule has 0 aliphatic rings. The van der Waals surface area contributed by atoms with Crippen LogP contribution in [-0.4, -0.2) is 19.3 Å². The van der Waals surface area contributed by atoms with E-state index in [0.717, 1.165) is 16.7 Å². The lowest BCUT2D eigenvalue weighted by Gasteiger charge is -2.22. The number of benzene rings is 2. The fourth-order valence-electron chi connectivity index (χ4n) is 2.52. The van der Waals surface area contributed by atoms with Crippen molar-refractivity contribution >= 4 is 0 Å². The Labute approximate surface area is 126 Å². The Balaban J connectivity index is 2.37. The number of hydrogen-bond donors (Lipinski definition) is 1. The molecule has 0 saturated heterocycles. The summed E-state index contributed by atoms with van der Waals surface area (Å²) in [5, 5.41) is 10.7. The van der Waals surface area contributed by atoms with E-state index in [1.54, 1.807) is 14.2 Å². The molecule has 2 unspecified atom stereocenters. The molecule has 21 heavy (non-hydrogen) atoms. The molecule has 0 amide bonds. The first-order chi connectivity index (χ1) is 10.1. The van der Waals surface area contributed by atoms with Gasteiger partial charge in [-0.2, -0.15) is 0 Å². The van der Waals surface area contributed by atoms with Crippen LogP contribution in [0.2, 0.25) is 0 Å². The second-order valence-corrected chi connectivity index (χ2v) is 5.21. The molecule has 112 valence electrons. The third kappa shape index (κ3) is 3.19. The highest BCUT2D eigenvalue weighted by Crippen LogP contribution is 2.37. The lowest BCUT2D eigenvalue weighted by Crippen LogP contribution is -2.10. The van der Waals surface area contributed by atoms with E-state index in [1.807, 2.05) is 56.3 Å². The molecule has 0 bridgehead atoms. The number of aliphatic hydroxyl groups excluding tert-OH is 1. The van der Waals surface area contributed by atoms with Gasteiger partial charge in [0, 0.05) is 5.92 Å². The maximum absolute atomic E-state index is 10.7. The predicted molar refractivity (Wildman–Crippen MR) is 84.1 cm³/mol. The summed E-state index contributed by atoms with van der Waals surface area (Å²) >= 11 is 0. The number of ether oxygens (including phenoxy) is 2. The molecule has 0 fully saturated rings. The molecule has 0 aliphatic carbocycles. The second kappa shape index (κ2) is 6.64. The summed E-state index contributed by atoms with van der Waals surface area (Å²) in [6, 6.07) is 13.8. The van der Waals surface area contributed by atoms with Crippen molar-refractivity contribution < 1.29 is 14.6 Å². The van der Waals surface area contributed by atoms with Crippen LogP contribution in [0.15, 0.2) is 42.5 Å². The van der Waals surface area contributed by atoms with Gasteiger partial charge in [0.05, 0.1) is 20.3 Å². The number of hydrogen-bond acceptors (Lipinski definition) is 3. The van der Waals surface area contributed by atoms with Crippen molar-refractivity contribution in [3.63, 3.8) is 0 Å². The lowest BCUT2D eigenvalue weighted by atomic mass is 9.88. The Hall–Kier alpha value is -2.00. The minimum absolute atomic E-state index is 0.00278. The summed E-state index contributed by atoms with van der Waals surface area (Å²) in [6.07, 6.45) is -0.591. The van der Waals surface area contributed by atoms with Crippen LogP contribution in [0, 0.1) is 6.92 Å². The van der Waals surface area contributed by atoms with Crippen molar-refractivity contribution in [1.29, 1.82) is 0 Å². The molecule has 3 heteroatoms. The Morgan fingerprint density at radius 3 is 2.10 bits per heavy atom. The Morgan fingerprint density at radius 1 is 0.952 bits per heavy atom. The van der Waals surface area contributed by atoms with Crippen LogP contribution in [0.3, 0.4) is 0 Å². The molecule has 3 nitrogen and oxygen atoms in total. The topological polar surface area (TPSA) is 38.7 Å². The van der Waals surface area contributed by atoms with Gasteiger partial charge >= 0.3 is 0 Å². The molecule has 0 radical (unpaired) electrons. The fraction of sp³-hybridized carbons (Fsp3) is 0.333. The van der Waals surface area contributed by atoms with Gasteiger partial charge in [0.2, 0.25) is 0 Å². The zero-order chi connectivity index (χ0) is 15.4. The monoisotopic (exact) mass is 286 g/mol. The predicted octanol–water partition coefficient (Wildman–Crippen LogP) is 3.85. The number of aliphatic hydroxyl groups is 1. The largest absolute Gasteiger partial charge is 0.493 e. The van der Waals surface area contributed by atoms with E-state index in [4.69, 9.17) is 9.47 Å². The van der Waals surface area contributed by atoms with E-state index in [-0.39, 0.29) is 5.92 Å². The Kier molecular flexibility index (Phi) is 4.86. The summed E-state index contributed by atoms with van der Waals surface area (Å²) < 4.78 is 10.6. The molecular weight excluding hydrogens is 264 g/mol. The Bertz CT molecular complexity index is 593. The number of aryl methyl sites for hydroxylation is 1. The van der Waals surface area contributed by atoms with Gasteiger partial charge in [0.15, 0.2) is 11.5 Å². The minimum Gasteiger partial charge on any atom is -0.493 e. The zero-order valence-electron chi connectivity index (χ0n) is 13.0. The van der Waals surface area contributed by atoms with Crippen molar-refractivity contribution in [3.8, 4) is 11.5 Å². The first kappa shape index (κ1) is 15.4. The van der Waals surface area contributed by atoms with E-state index in [0.29, 0.717) is 11.5 Å². The zero-order valence-corrected chi connectivity index (χ0v) is 13.0. The van der Waals surface area contributed by atoms with Crippen molar-refractivity contribution in [2.24, 2.45) is 0 Å². The standard InChI is InChI=1S/C18H22O3/c1-12-10-16(20-3)17(21-4)11-15(12)18(19)13(2)14-8-6-5-7-9-14/h5-11,13,18-19H,1-4H3. The van der Waals surface area contributed by atoms with Crippen molar-refractivity contribution in [2.45, 2.75) is 25.9 Å². The van der Waals surface area contributed by atoms with Gasteiger partial charge in [0.25, 0.3) is 0 Å².